The van der Waals surface area contributed by atoms with E-state index in [0.29, 0.717) is 6.61 Å². The van der Waals surface area contributed by atoms with Gasteiger partial charge in [-0.05, 0) is 25.0 Å². The van der Waals surface area contributed by atoms with E-state index in [1.165, 1.54) is 12.7 Å². The van der Waals surface area contributed by atoms with Gasteiger partial charge >= 0.3 is 6.09 Å². The van der Waals surface area contributed by atoms with Crippen molar-refractivity contribution in [1.82, 2.24) is 10.6 Å². The van der Waals surface area contributed by atoms with E-state index in [4.69, 9.17) is 18.6 Å². The third-order valence-corrected chi connectivity index (χ3v) is 5.25. The average molecular weight is 364 g/mol. The Kier molecular flexibility index (Phi) is 5.12. The maximum absolute atomic E-state index is 12.1. The summed E-state index contributed by atoms with van der Waals surface area (Å²) in [6.45, 7) is 0.576. The van der Waals surface area contributed by atoms with Gasteiger partial charge < -0.3 is 29.3 Å². The summed E-state index contributed by atoms with van der Waals surface area (Å²) in [5.74, 6) is -0.0710. The maximum atomic E-state index is 12.1. The molecule has 4 rings (SSSR count). The van der Waals surface area contributed by atoms with Crippen LogP contribution in [0.4, 0.5) is 4.79 Å². The zero-order chi connectivity index (χ0) is 17.9. The van der Waals surface area contributed by atoms with Gasteiger partial charge in [-0.3, -0.25) is 4.79 Å². The van der Waals surface area contributed by atoms with E-state index >= 15 is 0 Å². The van der Waals surface area contributed by atoms with Crippen LogP contribution in [-0.2, 0) is 14.2 Å². The van der Waals surface area contributed by atoms with Crippen LogP contribution in [0.15, 0.2) is 22.8 Å². The minimum atomic E-state index is -0.464. The molecule has 3 fully saturated rings. The molecule has 0 radical (unpaired) electrons. The summed E-state index contributed by atoms with van der Waals surface area (Å²) in [4.78, 5) is 24.3. The van der Waals surface area contributed by atoms with Gasteiger partial charge in [-0.25, -0.2) is 4.79 Å². The van der Waals surface area contributed by atoms with Crippen molar-refractivity contribution in [3.63, 3.8) is 0 Å². The van der Waals surface area contributed by atoms with Gasteiger partial charge in [0.1, 0.15) is 12.2 Å². The molecular weight excluding hydrogens is 340 g/mol. The highest BCUT2D eigenvalue weighted by atomic mass is 16.6. The highest BCUT2D eigenvalue weighted by Crippen LogP contribution is 2.29. The smallest absolute Gasteiger partial charge is 0.407 e. The zero-order valence-corrected chi connectivity index (χ0v) is 14.5. The maximum Gasteiger partial charge on any atom is 0.407 e. The molecule has 142 valence electrons. The van der Waals surface area contributed by atoms with Crippen molar-refractivity contribution >= 4 is 12.0 Å². The Labute approximate surface area is 151 Å². The highest BCUT2D eigenvalue weighted by molar-refractivity contribution is 5.91. The van der Waals surface area contributed by atoms with E-state index in [9.17, 15) is 9.59 Å². The largest absolute Gasteiger partial charge is 0.459 e. The molecule has 1 aromatic heterocycles. The van der Waals surface area contributed by atoms with Crippen molar-refractivity contribution in [3.05, 3.63) is 24.2 Å². The van der Waals surface area contributed by atoms with Gasteiger partial charge in [-0.1, -0.05) is 19.3 Å². The van der Waals surface area contributed by atoms with Gasteiger partial charge in [0.15, 0.2) is 11.9 Å². The van der Waals surface area contributed by atoms with Crippen molar-refractivity contribution in [1.29, 1.82) is 0 Å². The second kappa shape index (κ2) is 7.67. The van der Waals surface area contributed by atoms with E-state index in [0.717, 1.165) is 25.7 Å². The molecule has 1 aliphatic carbocycles. The fraction of sp³-hybridized carbons (Fsp3) is 0.667. The summed E-state index contributed by atoms with van der Waals surface area (Å²) < 4.78 is 22.1. The van der Waals surface area contributed by atoms with Gasteiger partial charge in [0.25, 0.3) is 5.91 Å². The Balaban J connectivity index is 1.27. The number of ether oxygens (including phenoxy) is 3. The molecule has 8 nitrogen and oxygen atoms in total. The molecule has 0 bridgehead atoms. The summed E-state index contributed by atoms with van der Waals surface area (Å²) in [5, 5.41) is 5.79. The molecule has 1 saturated carbocycles. The molecule has 0 spiro atoms. The lowest BCUT2D eigenvalue weighted by Gasteiger charge is -2.24. The highest BCUT2D eigenvalue weighted by Gasteiger charge is 2.50. The van der Waals surface area contributed by atoms with E-state index < -0.39 is 12.2 Å². The molecule has 3 heterocycles. The van der Waals surface area contributed by atoms with E-state index in [-0.39, 0.29) is 42.6 Å². The Morgan fingerprint density at radius 3 is 2.62 bits per heavy atom. The third-order valence-electron chi connectivity index (χ3n) is 5.25. The quantitative estimate of drug-likeness (QED) is 0.842. The van der Waals surface area contributed by atoms with Crippen LogP contribution in [0, 0.1) is 0 Å². The summed E-state index contributed by atoms with van der Waals surface area (Å²) >= 11 is 0. The topological polar surface area (TPSA) is 99.0 Å². The SMILES string of the molecule is O=C(NC1CCCCC1)O[C@@H]1CO[C@H]2[C@@H]1OC[C@@H]2NC(=O)c1ccco1. The average Bonchev–Trinajstić information content (AvgIpc) is 3.36. The Hall–Kier alpha value is -2.06. The Morgan fingerprint density at radius 1 is 1.04 bits per heavy atom. The number of nitrogens with one attached hydrogen (secondary N) is 2. The van der Waals surface area contributed by atoms with Gasteiger partial charge in [0, 0.05) is 6.04 Å². The molecule has 2 amide bonds. The van der Waals surface area contributed by atoms with Crippen LogP contribution in [0.3, 0.4) is 0 Å². The first kappa shape index (κ1) is 17.4. The monoisotopic (exact) mass is 364 g/mol. The number of carbonyl (C=O) groups is 2. The minimum Gasteiger partial charge on any atom is -0.459 e. The molecule has 8 heteroatoms. The van der Waals surface area contributed by atoms with Gasteiger partial charge in [0.2, 0.25) is 0 Å². The number of hydrogen-bond acceptors (Lipinski definition) is 6. The number of carbonyl (C=O) groups excluding carboxylic acids is 2. The first-order valence-electron chi connectivity index (χ1n) is 9.25. The molecule has 3 aliphatic rings. The Morgan fingerprint density at radius 2 is 1.85 bits per heavy atom. The first-order valence-corrected chi connectivity index (χ1v) is 9.25. The predicted octanol–water partition coefficient (Wildman–Crippen LogP) is 1.60. The van der Waals surface area contributed by atoms with Crippen LogP contribution in [-0.4, -0.2) is 55.6 Å². The fourth-order valence-corrected chi connectivity index (χ4v) is 3.92. The van der Waals surface area contributed by atoms with Crippen molar-refractivity contribution in [2.24, 2.45) is 0 Å². The third kappa shape index (κ3) is 3.71. The van der Waals surface area contributed by atoms with E-state index in [2.05, 4.69) is 10.6 Å². The van der Waals surface area contributed by atoms with Crippen molar-refractivity contribution in [2.45, 2.75) is 62.5 Å². The summed E-state index contributed by atoms with van der Waals surface area (Å²) in [5.41, 5.74) is 0. The second-order valence-electron chi connectivity index (χ2n) is 7.08. The number of amides is 2. The molecule has 4 atom stereocenters. The first-order chi connectivity index (χ1) is 12.7. The van der Waals surface area contributed by atoms with Crippen molar-refractivity contribution < 1.29 is 28.2 Å². The number of furan rings is 1. The van der Waals surface area contributed by atoms with Crippen LogP contribution in [0.2, 0.25) is 0 Å². The standard InChI is InChI=1S/C18H24N2O6/c21-17(13-7-4-8-23-13)20-12-9-24-16-14(10-25-15(12)16)26-18(22)19-11-5-2-1-3-6-11/h4,7-8,11-12,14-16H,1-3,5-6,9-10H2,(H,19,22)(H,20,21)/t12-,14+,15+,16+/m0/s1. The zero-order valence-electron chi connectivity index (χ0n) is 14.5. The molecule has 0 unspecified atom stereocenters. The van der Waals surface area contributed by atoms with Crippen LogP contribution >= 0.6 is 0 Å². The van der Waals surface area contributed by atoms with Crippen molar-refractivity contribution in [3.8, 4) is 0 Å². The molecule has 2 aliphatic heterocycles. The molecule has 0 aromatic carbocycles. The number of rotatable bonds is 4. The van der Waals surface area contributed by atoms with Crippen LogP contribution in [0.1, 0.15) is 42.7 Å². The number of alkyl carbamates (subject to hydrolysis) is 1. The van der Waals surface area contributed by atoms with Crippen LogP contribution in [0.25, 0.3) is 0 Å². The lowest BCUT2D eigenvalue weighted by atomic mass is 9.96. The lowest BCUT2D eigenvalue weighted by Crippen LogP contribution is -2.45. The summed E-state index contributed by atoms with van der Waals surface area (Å²) in [6, 6.07) is 3.15. The van der Waals surface area contributed by atoms with Crippen molar-refractivity contribution in [2.75, 3.05) is 13.2 Å². The molecule has 1 aromatic rings. The molecule has 2 saturated heterocycles. The number of hydrogen-bond donors (Lipinski definition) is 2. The molecule has 2 N–H and O–H groups in total. The van der Waals surface area contributed by atoms with Gasteiger partial charge in [-0.15, -0.1) is 0 Å². The minimum absolute atomic E-state index is 0.194. The van der Waals surface area contributed by atoms with Crippen LogP contribution in [0.5, 0.6) is 0 Å². The lowest BCUT2D eigenvalue weighted by molar-refractivity contribution is 0.00259. The Bertz CT molecular complexity index is 628. The second-order valence-corrected chi connectivity index (χ2v) is 7.08. The van der Waals surface area contributed by atoms with E-state index in [1.807, 2.05) is 0 Å². The fourth-order valence-electron chi connectivity index (χ4n) is 3.92. The normalized spacial score (nSPS) is 31.4. The summed E-state index contributed by atoms with van der Waals surface area (Å²) in [7, 11) is 0. The number of fused-ring (bicyclic) bond motifs is 1. The summed E-state index contributed by atoms with van der Waals surface area (Å²) in [6.07, 6.45) is 5.38. The van der Waals surface area contributed by atoms with Crippen LogP contribution < -0.4 is 10.6 Å². The molecular formula is C18H24N2O6. The van der Waals surface area contributed by atoms with Gasteiger partial charge in [-0.2, -0.15) is 0 Å². The van der Waals surface area contributed by atoms with E-state index in [1.54, 1.807) is 12.1 Å². The predicted molar refractivity (Wildman–Crippen MR) is 89.7 cm³/mol. The van der Waals surface area contributed by atoms with Gasteiger partial charge in [0.05, 0.1) is 25.5 Å². The molecule has 26 heavy (non-hydrogen) atoms.